The number of aromatic nitrogens is 2. The van der Waals surface area contributed by atoms with Crippen molar-refractivity contribution in [3.8, 4) is 11.4 Å². The number of carbonyl (C=O) groups is 1. The molecule has 0 N–H and O–H groups in total. The van der Waals surface area contributed by atoms with Gasteiger partial charge in [-0.15, -0.1) is 0 Å². The zero-order chi connectivity index (χ0) is 20.8. The number of carbonyl (C=O) groups excluding carboxylic acids is 1. The summed E-state index contributed by atoms with van der Waals surface area (Å²) in [6.07, 6.45) is 2.54. The van der Waals surface area contributed by atoms with E-state index < -0.39 is 0 Å². The van der Waals surface area contributed by atoms with Crippen LogP contribution in [0.2, 0.25) is 0 Å². The number of nitrogens with zero attached hydrogens (tertiary/aromatic N) is 4. The van der Waals surface area contributed by atoms with Crippen LogP contribution in [0.25, 0.3) is 11.4 Å². The fourth-order valence-electron chi connectivity index (χ4n) is 3.72. The van der Waals surface area contributed by atoms with Crippen LogP contribution in [-0.2, 0) is 6.42 Å². The maximum atomic E-state index is 13.4. The first-order valence-corrected chi connectivity index (χ1v) is 10.3. The van der Waals surface area contributed by atoms with E-state index in [0.29, 0.717) is 30.4 Å². The Morgan fingerprint density at radius 3 is 2.73 bits per heavy atom. The third-order valence-corrected chi connectivity index (χ3v) is 5.31. The average Bonchev–Trinajstić information content (AvgIpc) is 3.12. The van der Waals surface area contributed by atoms with E-state index in [9.17, 15) is 9.18 Å². The summed E-state index contributed by atoms with van der Waals surface area (Å²) in [5.74, 6) is 0.780. The molecule has 1 fully saturated rings. The van der Waals surface area contributed by atoms with E-state index >= 15 is 0 Å². The lowest BCUT2D eigenvalue weighted by molar-refractivity contribution is 0.0761. The lowest BCUT2D eigenvalue weighted by Crippen LogP contribution is -2.35. The second kappa shape index (κ2) is 9.63. The number of aryl methyl sites for hydroxylation is 1. The van der Waals surface area contributed by atoms with Gasteiger partial charge in [0.25, 0.3) is 5.91 Å². The van der Waals surface area contributed by atoms with Crippen LogP contribution in [0.3, 0.4) is 0 Å². The van der Waals surface area contributed by atoms with Gasteiger partial charge in [-0.3, -0.25) is 4.79 Å². The molecule has 7 heteroatoms. The summed E-state index contributed by atoms with van der Waals surface area (Å²) in [5, 5.41) is 4.06. The molecule has 1 amide bonds. The standard InChI is InChI=1S/C23H25FN4O2/c24-20-10-4-9-19(17-20)23(29)28-14-6-13-27(15-16-28)12-5-11-21-25-22(26-30-21)18-7-2-1-3-8-18/h1-4,7-10,17H,5-6,11-16H2. The first-order chi connectivity index (χ1) is 14.7. The summed E-state index contributed by atoms with van der Waals surface area (Å²) >= 11 is 0. The maximum absolute atomic E-state index is 13.4. The van der Waals surface area contributed by atoms with Gasteiger partial charge in [-0.05, 0) is 44.1 Å². The lowest BCUT2D eigenvalue weighted by atomic mass is 10.2. The molecule has 2 aromatic carbocycles. The van der Waals surface area contributed by atoms with Crippen LogP contribution < -0.4 is 0 Å². The Balaban J connectivity index is 1.25. The fraction of sp³-hybridized carbons (Fsp3) is 0.348. The number of benzene rings is 2. The van der Waals surface area contributed by atoms with Gasteiger partial charge in [0, 0.05) is 37.2 Å². The van der Waals surface area contributed by atoms with Gasteiger partial charge < -0.3 is 14.3 Å². The van der Waals surface area contributed by atoms with E-state index in [1.807, 2.05) is 35.2 Å². The van der Waals surface area contributed by atoms with Crippen LogP contribution in [0.1, 0.15) is 29.1 Å². The number of rotatable bonds is 6. The molecule has 156 valence electrons. The largest absolute Gasteiger partial charge is 0.339 e. The van der Waals surface area contributed by atoms with E-state index in [0.717, 1.165) is 44.5 Å². The van der Waals surface area contributed by atoms with Crippen molar-refractivity contribution in [2.75, 3.05) is 32.7 Å². The van der Waals surface area contributed by atoms with Gasteiger partial charge in [-0.25, -0.2) is 4.39 Å². The number of amides is 1. The molecule has 0 aliphatic carbocycles. The first kappa shape index (κ1) is 20.2. The van der Waals surface area contributed by atoms with Crippen LogP contribution in [0, 0.1) is 5.82 Å². The van der Waals surface area contributed by atoms with E-state index in [4.69, 9.17) is 4.52 Å². The molecular formula is C23H25FN4O2. The highest BCUT2D eigenvalue weighted by Gasteiger charge is 2.20. The van der Waals surface area contributed by atoms with Gasteiger partial charge in [-0.2, -0.15) is 4.98 Å². The molecule has 2 heterocycles. The molecule has 1 aromatic heterocycles. The van der Waals surface area contributed by atoms with Crippen LogP contribution in [-0.4, -0.2) is 58.6 Å². The zero-order valence-corrected chi connectivity index (χ0v) is 16.8. The summed E-state index contributed by atoms with van der Waals surface area (Å²) in [7, 11) is 0. The number of hydrogen-bond acceptors (Lipinski definition) is 5. The Morgan fingerprint density at radius 1 is 1.03 bits per heavy atom. The highest BCUT2D eigenvalue weighted by Crippen LogP contribution is 2.16. The number of hydrogen-bond donors (Lipinski definition) is 0. The molecule has 0 spiro atoms. The quantitative estimate of drug-likeness (QED) is 0.623. The number of halogens is 1. The van der Waals surface area contributed by atoms with Crippen molar-refractivity contribution in [2.24, 2.45) is 0 Å². The van der Waals surface area contributed by atoms with E-state index in [2.05, 4.69) is 15.0 Å². The smallest absolute Gasteiger partial charge is 0.254 e. The summed E-state index contributed by atoms with van der Waals surface area (Å²) < 4.78 is 18.8. The minimum Gasteiger partial charge on any atom is -0.339 e. The molecule has 0 atom stereocenters. The van der Waals surface area contributed by atoms with Crippen molar-refractivity contribution in [1.82, 2.24) is 19.9 Å². The Bertz CT molecular complexity index is 976. The molecule has 0 bridgehead atoms. The Labute approximate surface area is 175 Å². The summed E-state index contributed by atoms with van der Waals surface area (Å²) in [4.78, 5) is 21.3. The van der Waals surface area contributed by atoms with Crippen molar-refractivity contribution in [3.05, 3.63) is 71.9 Å². The van der Waals surface area contributed by atoms with Gasteiger partial charge in [0.2, 0.25) is 11.7 Å². The van der Waals surface area contributed by atoms with Gasteiger partial charge in [0.15, 0.2) is 0 Å². The van der Waals surface area contributed by atoms with Gasteiger partial charge in [0.1, 0.15) is 5.82 Å². The van der Waals surface area contributed by atoms with Crippen LogP contribution in [0.15, 0.2) is 59.1 Å². The van der Waals surface area contributed by atoms with Crippen molar-refractivity contribution < 1.29 is 13.7 Å². The monoisotopic (exact) mass is 408 g/mol. The molecule has 30 heavy (non-hydrogen) atoms. The summed E-state index contributed by atoms with van der Waals surface area (Å²) in [6, 6.07) is 15.7. The minimum atomic E-state index is -0.381. The van der Waals surface area contributed by atoms with E-state index in [-0.39, 0.29) is 11.7 Å². The summed E-state index contributed by atoms with van der Waals surface area (Å²) in [6.45, 7) is 3.99. The van der Waals surface area contributed by atoms with Crippen molar-refractivity contribution in [1.29, 1.82) is 0 Å². The predicted molar refractivity (Wildman–Crippen MR) is 111 cm³/mol. The molecule has 1 aliphatic heterocycles. The van der Waals surface area contributed by atoms with Crippen LogP contribution in [0.5, 0.6) is 0 Å². The molecule has 0 unspecified atom stereocenters. The van der Waals surface area contributed by atoms with Crippen molar-refractivity contribution in [3.63, 3.8) is 0 Å². The Hall–Kier alpha value is -3.06. The zero-order valence-electron chi connectivity index (χ0n) is 16.8. The second-order valence-corrected chi connectivity index (χ2v) is 7.48. The molecule has 1 aliphatic rings. The van der Waals surface area contributed by atoms with Gasteiger partial charge in [-0.1, -0.05) is 41.6 Å². The Morgan fingerprint density at radius 2 is 1.90 bits per heavy atom. The highest BCUT2D eigenvalue weighted by molar-refractivity contribution is 5.94. The average molecular weight is 408 g/mol. The molecule has 3 aromatic rings. The molecular weight excluding hydrogens is 383 g/mol. The molecule has 0 radical (unpaired) electrons. The third-order valence-electron chi connectivity index (χ3n) is 5.31. The molecule has 0 saturated carbocycles. The van der Waals surface area contributed by atoms with Crippen molar-refractivity contribution in [2.45, 2.75) is 19.3 Å². The predicted octanol–water partition coefficient (Wildman–Crippen LogP) is 3.66. The van der Waals surface area contributed by atoms with E-state index in [1.54, 1.807) is 12.1 Å². The molecule has 6 nitrogen and oxygen atoms in total. The highest BCUT2D eigenvalue weighted by atomic mass is 19.1. The topological polar surface area (TPSA) is 62.5 Å². The van der Waals surface area contributed by atoms with Gasteiger partial charge >= 0.3 is 0 Å². The first-order valence-electron chi connectivity index (χ1n) is 10.3. The van der Waals surface area contributed by atoms with Crippen LogP contribution >= 0.6 is 0 Å². The summed E-state index contributed by atoms with van der Waals surface area (Å²) in [5.41, 5.74) is 1.36. The SMILES string of the molecule is O=C(c1cccc(F)c1)N1CCCN(CCCc2nc(-c3ccccc3)no2)CC1. The Kier molecular flexibility index (Phi) is 6.49. The lowest BCUT2D eigenvalue weighted by Gasteiger charge is -2.22. The fourth-order valence-corrected chi connectivity index (χ4v) is 3.72. The minimum absolute atomic E-state index is 0.101. The van der Waals surface area contributed by atoms with E-state index in [1.165, 1.54) is 12.1 Å². The van der Waals surface area contributed by atoms with Crippen LogP contribution in [0.4, 0.5) is 4.39 Å². The molecule has 1 saturated heterocycles. The van der Waals surface area contributed by atoms with Crippen molar-refractivity contribution >= 4 is 5.91 Å². The maximum Gasteiger partial charge on any atom is 0.254 e. The second-order valence-electron chi connectivity index (χ2n) is 7.48. The molecule has 4 rings (SSSR count). The third kappa shape index (κ3) is 5.10. The van der Waals surface area contributed by atoms with Gasteiger partial charge in [0.05, 0.1) is 0 Å². The normalized spacial score (nSPS) is 15.2.